The molecule has 4 nitrogen and oxygen atoms in total. The third kappa shape index (κ3) is 5.70. The number of likely N-dealkylation sites (tertiary alicyclic amines) is 1. The van der Waals surface area contributed by atoms with Gasteiger partial charge in [-0.3, -0.25) is 4.79 Å². The first-order chi connectivity index (χ1) is 10.8. The molecule has 1 saturated heterocycles. The molecule has 0 aliphatic carbocycles. The lowest BCUT2D eigenvalue weighted by molar-refractivity contribution is 0.0180. The predicted octanol–water partition coefficient (Wildman–Crippen LogP) is 4.30. The van der Waals surface area contributed by atoms with Crippen molar-refractivity contribution in [2.45, 2.75) is 52.1 Å². The van der Waals surface area contributed by atoms with Gasteiger partial charge in [0.25, 0.3) is 0 Å². The second-order valence-corrected chi connectivity index (χ2v) is 7.24. The number of rotatable bonds is 4. The van der Waals surface area contributed by atoms with Crippen molar-refractivity contribution in [2.24, 2.45) is 5.92 Å². The van der Waals surface area contributed by atoms with Gasteiger partial charge in [0.15, 0.2) is 5.78 Å². The van der Waals surface area contributed by atoms with Gasteiger partial charge in [-0.25, -0.2) is 4.79 Å². The maximum Gasteiger partial charge on any atom is 0.410 e. The van der Waals surface area contributed by atoms with E-state index in [0.717, 1.165) is 37.9 Å². The zero-order chi connectivity index (χ0) is 16.9. The van der Waals surface area contributed by atoms with Crippen LogP contribution in [0, 0.1) is 5.92 Å². The summed E-state index contributed by atoms with van der Waals surface area (Å²) in [6.45, 7) is 7.09. The fraction of sp³-hybridized carbons (Fsp3) is 0.579. The first-order valence-corrected chi connectivity index (χ1v) is 8.41. The van der Waals surface area contributed by atoms with Crippen molar-refractivity contribution >= 4 is 11.9 Å². The van der Waals surface area contributed by atoms with Crippen LogP contribution in [0.1, 0.15) is 56.8 Å². The minimum Gasteiger partial charge on any atom is -0.444 e. The minimum absolute atomic E-state index is 0.208. The van der Waals surface area contributed by atoms with Crippen molar-refractivity contribution in [3.05, 3.63) is 35.9 Å². The number of carbonyl (C=O) groups excluding carboxylic acids is 2. The molecule has 126 valence electrons. The Kier molecular flexibility index (Phi) is 5.80. The SMILES string of the molecule is CC(C)(C)OC(=O)N1CCC(CCC(=O)c2ccccc2)CC1. The molecule has 2 rings (SSSR count). The number of ketones is 1. The summed E-state index contributed by atoms with van der Waals surface area (Å²) in [5.74, 6) is 0.724. The molecule has 1 aliphatic rings. The first-order valence-electron chi connectivity index (χ1n) is 8.41. The van der Waals surface area contributed by atoms with E-state index >= 15 is 0 Å². The highest BCUT2D eigenvalue weighted by molar-refractivity contribution is 5.95. The monoisotopic (exact) mass is 317 g/mol. The van der Waals surface area contributed by atoms with E-state index in [-0.39, 0.29) is 11.9 Å². The largest absolute Gasteiger partial charge is 0.444 e. The summed E-state index contributed by atoms with van der Waals surface area (Å²) in [5, 5.41) is 0. The van der Waals surface area contributed by atoms with Gasteiger partial charge in [-0.15, -0.1) is 0 Å². The van der Waals surface area contributed by atoms with Crippen LogP contribution >= 0.6 is 0 Å². The maximum atomic E-state index is 12.1. The molecule has 1 fully saturated rings. The molecule has 0 saturated carbocycles. The number of hydrogen-bond acceptors (Lipinski definition) is 3. The molecule has 1 heterocycles. The number of ether oxygens (including phenoxy) is 1. The molecular weight excluding hydrogens is 290 g/mol. The number of benzene rings is 1. The van der Waals surface area contributed by atoms with E-state index in [1.54, 1.807) is 4.90 Å². The number of hydrogen-bond donors (Lipinski definition) is 0. The standard InChI is InChI=1S/C19H27NO3/c1-19(2,3)23-18(22)20-13-11-15(12-14-20)9-10-17(21)16-7-5-4-6-8-16/h4-8,15H,9-14H2,1-3H3. The fourth-order valence-electron chi connectivity index (χ4n) is 2.83. The Morgan fingerprint density at radius 1 is 1.13 bits per heavy atom. The number of Topliss-reactive ketones (excluding diaryl/α,β-unsaturated/α-hetero) is 1. The maximum absolute atomic E-state index is 12.1. The summed E-state index contributed by atoms with van der Waals surface area (Å²) in [7, 11) is 0. The van der Waals surface area contributed by atoms with Crippen molar-refractivity contribution in [1.29, 1.82) is 0 Å². The number of piperidine rings is 1. The van der Waals surface area contributed by atoms with E-state index in [4.69, 9.17) is 4.74 Å². The average Bonchev–Trinajstić information content (AvgIpc) is 2.52. The van der Waals surface area contributed by atoms with Crippen LogP contribution in [0.25, 0.3) is 0 Å². The van der Waals surface area contributed by atoms with Crippen LogP contribution in [-0.4, -0.2) is 35.5 Å². The smallest absolute Gasteiger partial charge is 0.410 e. The Bertz CT molecular complexity index is 525. The van der Waals surface area contributed by atoms with Crippen molar-refractivity contribution in [1.82, 2.24) is 4.90 Å². The van der Waals surface area contributed by atoms with E-state index in [1.165, 1.54) is 0 Å². The highest BCUT2D eigenvalue weighted by Gasteiger charge is 2.27. The van der Waals surface area contributed by atoms with Gasteiger partial charge in [-0.05, 0) is 46.0 Å². The summed E-state index contributed by atoms with van der Waals surface area (Å²) in [4.78, 5) is 25.9. The molecule has 0 N–H and O–H groups in total. The van der Waals surface area contributed by atoms with E-state index < -0.39 is 5.60 Å². The molecule has 0 aromatic heterocycles. The highest BCUT2D eigenvalue weighted by Crippen LogP contribution is 2.24. The summed E-state index contributed by atoms with van der Waals surface area (Å²) in [5.41, 5.74) is 0.342. The summed E-state index contributed by atoms with van der Waals surface area (Å²) >= 11 is 0. The van der Waals surface area contributed by atoms with Gasteiger partial charge in [0.05, 0.1) is 0 Å². The van der Waals surface area contributed by atoms with Gasteiger partial charge in [0, 0.05) is 25.1 Å². The van der Waals surface area contributed by atoms with Crippen LogP contribution in [0.15, 0.2) is 30.3 Å². The first kappa shape index (κ1) is 17.5. The third-order valence-corrected chi connectivity index (χ3v) is 4.14. The topological polar surface area (TPSA) is 46.6 Å². The molecule has 1 aromatic carbocycles. The molecule has 0 atom stereocenters. The van der Waals surface area contributed by atoms with Gasteiger partial charge in [-0.1, -0.05) is 30.3 Å². The Balaban J connectivity index is 1.73. The van der Waals surface area contributed by atoms with Gasteiger partial charge < -0.3 is 9.64 Å². The molecule has 0 bridgehead atoms. The lowest BCUT2D eigenvalue weighted by Gasteiger charge is -2.33. The van der Waals surface area contributed by atoms with Crippen molar-refractivity contribution in [2.75, 3.05) is 13.1 Å². The number of amides is 1. The van der Waals surface area contributed by atoms with Crippen LogP contribution in [0.4, 0.5) is 4.79 Å². The van der Waals surface area contributed by atoms with Gasteiger partial charge in [0.1, 0.15) is 5.60 Å². The molecular formula is C19H27NO3. The lowest BCUT2D eigenvalue weighted by Crippen LogP contribution is -2.41. The summed E-state index contributed by atoms with van der Waals surface area (Å²) < 4.78 is 5.40. The molecule has 0 unspecified atom stereocenters. The van der Waals surface area contributed by atoms with Crippen LogP contribution in [0.2, 0.25) is 0 Å². The van der Waals surface area contributed by atoms with Crippen LogP contribution < -0.4 is 0 Å². The molecule has 23 heavy (non-hydrogen) atoms. The Hall–Kier alpha value is -1.84. The van der Waals surface area contributed by atoms with Crippen molar-refractivity contribution in [3.63, 3.8) is 0 Å². The molecule has 1 aromatic rings. The highest BCUT2D eigenvalue weighted by atomic mass is 16.6. The van der Waals surface area contributed by atoms with Gasteiger partial charge >= 0.3 is 6.09 Å². The Morgan fingerprint density at radius 3 is 2.30 bits per heavy atom. The van der Waals surface area contributed by atoms with Crippen molar-refractivity contribution in [3.8, 4) is 0 Å². The van der Waals surface area contributed by atoms with E-state index in [0.29, 0.717) is 12.3 Å². The number of nitrogens with zero attached hydrogens (tertiary/aromatic N) is 1. The summed E-state index contributed by atoms with van der Waals surface area (Å²) in [6, 6.07) is 9.45. The second kappa shape index (κ2) is 7.62. The molecule has 1 aliphatic heterocycles. The van der Waals surface area contributed by atoms with E-state index in [9.17, 15) is 9.59 Å². The van der Waals surface area contributed by atoms with E-state index in [1.807, 2.05) is 51.1 Å². The Morgan fingerprint density at radius 2 is 1.74 bits per heavy atom. The van der Waals surface area contributed by atoms with Crippen molar-refractivity contribution < 1.29 is 14.3 Å². The minimum atomic E-state index is -0.448. The quantitative estimate of drug-likeness (QED) is 0.778. The van der Waals surface area contributed by atoms with Gasteiger partial charge in [0.2, 0.25) is 0 Å². The zero-order valence-corrected chi connectivity index (χ0v) is 14.4. The Labute approximate surface area is 138 Å². The molecule has 1 amide bonds. The van der Waals surface area contributed by atoms with Crippen LogP contribution in [0.5, 0.6) is 0 Å². The third-order valence-electron chi connectivity index (χ3n) is 4.14. The van der Waals surface area contributed by atoms with Gasteiger partial charge in [-0.2, -0.15) is 0 Å². The van der Waals surface area contributed by atoms with Crippen LogP contribution in [0.3, 0.4) is 0 Å². The molecule has 0 radical (unpaired) electrons. The molecule has 4 heteroatoms. The average molecular weight is 317 g/mol. The molecule has 0 spiro atoms. The fourth-order valence-corrected chi connectivity index (χ4v) is 2.83. The second-order valence-electron chi connectivity index (χ2n) is 7.24. The summed E-state index contributed by atoms with van der Waals surface area (Å²) in [6.07, 6.45) is 3.15. The predicted molar refractivity (Wildman–Crippen MR) is 90.5 cm³/mol. The van der Waals surface area contributed by atoms with Crippen LogP contribution in [-0.2, 0) is 4.74 Å². The van der Waals surface area contributed by atoms with E-state index in [2.05, 4.69) is 0 Å². The zero-order valence-electron chi connectivity index (χ0n) is 14.4. The lowest BCUT2D eigenvalue weighted by atomic mass is 9.90. The number of carbonyl (C=O) groups is 2. The normalized spacial score (nSPS) is 16.2.